The first-order valence-corrected chi connectivity index (χ1v) is 11.2. The molecule has 1 atom stereocenters. The summed E-state index contributed by atoms with van der Waals surface area (Å²) in [7, 11) is 1.29. The van der Waals surface area contributed by atoms with Gasteiger partial charge in [-0.15, -0.1) is 0 Å². The van der Waals surface area contributed by atoms with Gasteiger partial charge < -0.3 is 10.5 Å². The Morgan fingerprint density at radius 1 is 0.929 bits per heavy atom. The molecule has 1 rings (SSSR count). The summed E-state index contributed by atoms with van der Waals surface area (Å²) >= 11 is 0. The lowest BCUT2D eigenvalue weighted by Gasteiger charge is -2.13. The van der Waals surface area contributed by atoms with Gasteiger partial charge in [-0.05, 0) is 18.6 Å². The molecule has 0 aliphatic carbocycles. The van der Waals surface area contributed by atoms with Crippen molar-refractivity contribution >= 4 is 5.97 Å². The highest BCUT2D eigenvalue weighted by atomic mass is 19.1. The Morgan fingerprint density at radius 3 is 1.89 bits per heavy atom. The normalized spacial score (nSPS) is 12.1. The van der Waals surface area contributed by atoms with Gasteiger partial charge in [0.2, 0.25) is 0 Å². The van der Waals surface area contributed by atoms with Gasteiger partial charge in [0.1, 0.15) is 5.82 Å². The van der Waals surface area contributed by atoms with E-state index < -0.39 is 11.8 Å². The van der Waals surface area contributed by atoms with Gasteiger partial charge in [-0.2, -0.15) is 0 Å². The summed E-state index contributed by atoms with van der Waals surface area (Å²) in [6.45, 7) is 2.26. The molecule has 3 nitrogen and oxygen atoms in total. The molecule has 0 spiro atoms. The zero-order chi connectivity index (χ0) is 20.6. The highest BCUT2D eigenvalue weighted by Crippen LogP contribution is 2.22. The first-order valence-electron chi connectivity index (χ1n) is 11.2. The Hall–Kier alpha value is -1.42. The third kappa shape index (κ3) is 10.2. The fraction of sp³-hybridized carbons (Fsp3) is 0.708. The number of hydrogen-bond donors (Lipinski definition) is 1. The van der Waals surface area contributed by atoms with Crippen LogP contribution in [0.5, 0.6) is 0 Å². The highest BCUT2D eigenvalue weighted by Gasteiger charge is 2.14. The number of nitrogens with two attached hydrogens (primary N) is 1. The zero-order valence-corrected chi connectivity index (χ0v) is 18.0. The number of halogens is 1. The van der Waals surface area contributed by atoms with Crippen molar-refractivity contribution in [2.75, 3.05) is 7.11 Å². The molecule has 1 aromatic carbocycles. The maximum Gasteiger partial charge on any atom is 0.337 e. The Bertz CT molecular complexity index is 547. The quantitative estimate of drug-likeness (QED) is 0.241. The average molecular weight is 394 g/mol. The molecular weight excluding hydrogens is 353 g/mol. The maximum atomic E-state index is 14.2. The van der Waals surface area contributed by atoms with Crippen LogP contribution in [0, 0.1) is 5.82 Å². The van der Waals surface area contributed by atoms with Gasteiger partial charge in [0, 0.05) is 11.6 Å². The minimum Gasteiger partial charge on any atom is -0.465 e. The summed E-state index contributed by atoms with van der Waals surface area (Å²) < 4.78 is 18.8. The predicted octanol–water partition coefficient (Wildman–Crippen LogP) is 7.09. The summed E-state index contributed by atoms with van der Waals surface area (Å²) in [5, 5.41) is 0. The molecule has 0 aliphatic heterocycles. The van der Waals surface area contributed by atoms with Gasteiger partial charge in [0.15, 0.2) is 0 Å². The van der Waals surface area contributed by atoms with E-state index in [2.05, 4.69) is 11.7 Å². The van der Waals surface area contributed by atoms with Crippen molar-refractivity contribution in [1.82, 2.24) is 0 Å². The van der Waals surface area contributed by atoms with Crippen LogP contribution in [0.2, 0.25) is 0 Å². The van der Waals surface area contributed by atoms with E-state index >= 15 is 0 Å². The lowest BCUT2D eigenvalue weighted by molar-refractivity contribution is 0.0600. The SMILES string of the molecule is CCCCCCCCCCCCCCCC(N)c1ccc(C(=O)OC)cc1F. The average Bonchev–Trinajstić information content (AvgIpc) is 2.70. The first-order chi connectivity index (χ1) is 13.6. The van der Waals surface area contributed by atoms with Crippen LogP contribution in [0.25, 0.3) is 0 Å². The molecule has 0 heterocycles. The molecule has 0 saturated carbocycles. The molecule has 1 aromatic rings. The summed E-state index contributed by atoms with van der Waals surface area (Å²) in [4.78, 5) is 11.4. The van der Waals surface area contributed by atoms with Crippen LogP contribution >= 0.6 is 0 Å². The van der Waals surface area contributed by atoms with E-state index in [4.69, 9.17) is 5.73 Å². The maximum absolute atomic E-state index is 14.2. The number of carbonyl (C=O) groups is 1. The molecule has 28 heavy (non-hydrogen) atoms. The highest BCUT2D eigenvalue weighted by molar-refractivity contribution is 5.89. The van der Waals surface area contributed by atoms with Crippen LogP contribution in [0.15, 0.2) is 18.2 Å². The number of methoxy groups -OCH3 is 1. The van der Waals surface area contributed by atoms with Crippen molar-refractivity contribution in [2.45, 2.75) is 103 Å². The van der Waals surface area contributed by atoms with Crippen LogP contribution in [-0.4, -0.2) is 13.1 Å². The molecule has 0 amide bonds. The summed E-state index contributed by atoms with van der Waals surface area (Å²) in [5.74, 6) is -0.958. The molecule has 0 fully saturated rings. The first kappa shape index (κ1) is 24.6. The van der Waals surface area contributed by atoms with Gasteiger partial charge in [-0.1, -0.05) is 96.5 Å². The molecule has 0 aliphatic rings. The van der Waals surface area contributed by atoms with E-state index in [0.717, 1.165) is 19.3 Å². The minimum atomic E-state index is -0.532. The fourth-order valence-corrected chi connectivity index (χ4v) is 3.61. The predicted molar refractivity (Wildman–Crippen MR) is 115 cm³/mol. The Morgan fingerprint density at radius 2 is 1.43 bits per heavy atom. The summed E-state index contributed by atoms with van der Waals surface area (Å²) in [5.41, 5.74) is 6.84. The van der Waals surface area contributed by atoms with Crippen LogP contribution in [0.3, 0.4) is 0 Å². The molecule has 1 unspecified atom stereocenters. The second kappa shape index (κ2) is 15.5. The molecule has 2 N–H and O–H groups in total. The second-order valence-corrected chi connectivity index (χ2v) is 7.87. The van der Waals surface area contributed by atoms with E-state index in [-0.39, 0.29) is 11.6 Å². The monoisotopic (exact) mass is 393 g/mol. The Balaban J connectivity index is 2.06. The number of esters is 1. The number of benzene rings is 1. The van der Waals surface area contributed by atoms with Crippen molar-refractivity contribution in [3.8, 4) is 0 Å². The third-order valence-electron chi connectivity index (χ3n) is 5.44. The van der Waals surface area contributed by atoms with Crippen LogP contribution in [0.4, 0.5) is 4.39 Å². The molecular formula is C24H40FNO2. The minimum absolute atomic E-state index is 0.219. The second-order valence-electron chi connectivity index (χ2n) is 7.87. The number of rotatable bonds is 16. The van der Waals surface area contributed by atoms with Crippen LogP contribution in [0.1, 0.15) is 119 Å². The molecule has 4 heteroatoms. The van der Waals surface area contributed by atoms with Crippen LogP contribution < -0.4 is 5.73 Å². The van der Waals surface area contributed by atoms with E-state index in [1.54, 1.807) is 12.1 Å². The molecule has 0 radical (unpaired) electrons. The molecule has 160 valence electrons. The lowest BCUT2D eigenvalue weighted by atomic mass is 9.98. The number of carbonyl (C=O) groups excluding carboxylic acids is 1. The van der Waals surface area contributed by atoms with Crippen molar-refractivity contribution < 1.29 is 13.9 Å². The lowest BCUT2D eigenvalue weighted by Crippen LogP contribution is -2.13. The van der Waals surface area contributed by atoms with Gasteiger partial charge in [0.25, 0.3) is 0 Å². The zero-order valence-electron chi connectivity index (χ0n) is 18.0. The Labute approximate surface area is 171 Å². The van der Waals surface area contributed by atoms with Gasteiger partial charge in [-0.25, -0.2) is 9.18 Å². The topological polar surface area (TPSA) is 52.3 Å². The van der Waals surface area contributed by atoms with E-state index in [9.17, 15) is 9.18 Å². The van der Waals surface area contributed by atoms with E-state index in [1.807, 2.05) is 0 Å². The van der Waals surface area contributed by atoms with Gasteiger partial charge >= 0.3 is 5.97 Å². The number of unbranched alkanes of at least 4 members (excludes halogenated alkanes) is 12. The standard InChI is InChI=1S/C24H40FNO2/c1-3-4-5-6-7-8-9-10-11-12-13-14-15-16-23(26)21-18-17-20(19-22(21)25)24(27)28-2/h17-19,23H,3-16,26H2,1-2H3. The van der Waals surface area contributed by atoms with E-state index in [1.165, 1.54) is 83.8 Å². The summed E-state index contributed by atoms with van der Waals surface area (Å²) in [6, 6.07) is 4.08. The largest absolute Gasteiger partial charge is 0.465 e. The van der Waals surface area contributed by atoms with E-state index in [0.29, 0.717) is 5.56 Å². The third-order valence-corrected chi connectivity index (χ3v) is 5.44. The van der Waals surface area contributed by atoms with Crippen molar-refractivity contribution in [3.63, 3.8) is 0 Å². The van der Waals surface area contributed by atoms with Crippen LogP contribution in [-0.2, 0) is 4.74 Å². The molecule has 0 saturated heterocycles. The van der Waals surface area contributed by atoms with Crippen molar-refractivity contribution in [3.05, 3.63) is 35.1 Å². The summed E-state index contributed by atoms with van der Waals surface area (Å²) in [6.07, 6.45) is 17.8. The van der Waals surface area contributed by atoms with Gasteiger partial charge in [-0.3, -0.25) is 0 Å². The number of ether oxygens (including phenoxy) is 1. The van der Waals surface area contributed by atoms with Crippen molar-refractivity contribution in [2.24, 2.45) is 5.73 Å². The van der Waals surface area contributed by atoms with Gasteiger partial charge in [0.05, 0.1) is 12.7 Å². The fourth-order valence-electron chi connectivity index (χ4n) is 3.61. The number of hydrogen-bond acceptors (Lipinski definition) is 3. The smallest absolute Gasteiger partial charge is 0.337 e. The van der Waals surface area contributed by atoms with Crippen molar-refractivity contribution in [1.29, 1.82) is 0 Å². The Kier molecular flexibility index (Phi) is 13.6. The molecule has 0 aromatic heterocycles. The molecule has 0 bridgehead atoms.